The molecule has 16 heavy (non-hydrogen) atoms. The van der Waals surface area contributed by atoms with Crippen LogP contribution in [-0.4, -0.2) is 57.4 Å². The van der Waals surface area contributed by atoms with Crippen molar-refractivity contribution in [3.8, 4) is 6.07 Å². The summed E-state index contributed by atoms with van der Waals surface area (Å²) < 4.78 is 27.0. The standard InChI is InChI=1S/C9H18N4O2S/c1-12(2)16(14,15)11-9(8-10)4-6-13(3)7-5-9/h11H,4-7H2,1-3H3. The van der Waals surface area contributed by atoms with Crippen LogP contribution in [0.2, 0.25) is 0 Å². The van der Waals surface area contributed by atoms with Crippen molar-refractivity contribution >= 4 is 10.2 Å². The van der Waals surface area contributed by atoms with E-state index in [1.807, 2.05) is 7.05 Å². The predicted octanol–water partition coefficient (Wildman–Crippen LogP) is -0.630. The molecule has 6 nitrogen and oxygen atoms in total. The van der Waals surface area contributed by atoms with Crippen LogP contribution in [0.15, 0.2) is 0 Å². The Morgan fingerprint density at radius 1 is 1.38 bits per heavy atom. The van der Waals surface area contributed by atoms with E-state index in [2.05, 4.69) is 15.7 Å². The normalized spacial score (nSPS) is 21.9. The van der Waals surface area contributed by atoms with E-state index in [1.54, 1.807) is 0 Å². The van der Waals surface area contributed by atoms with Gasteiger partial charge in [-0.05, 0) is 19.9 Å². The molecule has 0 spiro atoms. The Kier molecular flexibility index (Phi) is 3.91. The maximum atomic E-state index is 11.7. The Labute approximate surface area is 97.0 Å². The second-order valence-electron chi connectivity index (χ2n) is 4.39. The Morgan fingerprint density at radius 3 is 2.25 bits per heavy atom. The van der Waals surface area contributed by atoms with Crippen LogP contribution in [0.5, 0.6) is 0 Å². The lowest BCUT2D eigenvalue weighted by Gasteiger charge is -2.36. The van der Waals surface area contributed by atoms with Crippen LogP contribution >= 0.6 is 0 Å². The van der Waals surface area contributed by atoms with Crippen molar-refractivity contribution < 1.29 is 8.42 Å². The third-order valence-electron chi connectivity index (χ3n) is 2.86. The highest BCUT2D eigenvalue weighted by Gasteiger charge is 2.38. The molecule has 0 amide bonds. The molecule has 92 valence electrons. The summed E-state index contributed by atoms with van der Waals surface area (Å²) in [6, 6.07) is 2.11. The molecule has 0 unspecified atom stereocenters. The molecule has 7 heteroatoms. The first-order valence-corrected chi connectivity index (χ1v) is 6.56. The van der Waals surface area contributed by atoms with Crippen LogP contribution in [0.4, 0.5) is 0 Å². The fraction of sp³-hybridized carbons (Fsp3) is 0.889. The van der Waals surface area contributed by atoms with Gasteiger partial charge in [0.1, 0.15) is 5.54 Å². The number of nitrogens with one attached hydrogen (secondary N) is 1. The molecule has 0 saturated carbocycles. The van der Waals surface area contributed by atoms with Gasteiger partial charge in [0.2, 0.25) is 0 Å². The number of rotatable bonds is 3. The minimum absolute atomic E-state index is 0.521. The fourth-order valence-corrected chi connectivity index (χ4v) is 2.50. The zero-order valence-electron chi connectivity index (χ0n) is 9.89. The molecule has 0 atom stereocenters. The Morgan fingerprint density at radius 2 is 1.88 bits per heavy atom. The molecule has 0 aliphatic carbocycles. The number of piperidine rings is 1. The van der Waals surface area contributed by atoms with Crippen molar-refractivity contribution in [1.82, 2.24) is 13.9 Å². The summed E-state index contributed by atoms with van der Waals surface area (Å²) in [4.78, 5) is 2.08. The second kappa shape index (κ2) is 4.67. The van der Waals surface area contributed by atoms with Gasteiger partial charge < -0.3 is 4.90 Å². The molecule has 1 fully saturated rings. The van der Waals surface area contributed by atoms with Crippen molar-refractivity contribution in [2.24, 2.45) is 0 Å². The summed E-state index contributed by atoms with van der Waals surface area (Å²) in [5.74, 6) is 0. The summed E-state index contributed by atoms with van der Waals surface area (Å²) in [5, 5.41) is 9.16. The molecule has 1 N–H and O–H groups in total. The highest BCUT2D eigenvalue weighted by atomic mass is 32.2. The van der Waals surface area contributed by atoms with E-state index in [-0.39, 0.29) is 0 Å². The van der Waals surface area contributed by atoms with Crippen molar-refractivity contribution in [2.75, 3.05) is 34.2 Å². The van der Waals surface area contributed by atoms with Gasteiger partial charge in [-0.1, -0.05) is 0 Å². The van der Waals surface area contributed by atoms with E-state index in [1.165, 1.54) is 14.1 Å². The van der Waals surface area contributed by atoms with Gasteiger partial charge in [0.25, 0.3) is 10.2 Å². The highest BCUT2D eigenvalue weighted by Crippen LogP contribution is 2.21. The van der Waals surface area contributed by atoms with Crippen LogP contribution in [-0.2, 0) is 10.2 Å². The smallest absolute Gasteiger partial charge is 0.280 e. The second-order valence-corrected chi connectivity index (χ2v) is 6.27. The first-order chi connectivity index (χ1) is 7.31. The Hall–Kier alpha value is -0.680. The molecule has 0 aromatic carbocycles. The van der Waals surface area contributed by atoms with E-state index in [0.717, 1.165) is 17.4 Å². The van der Waals surface area contributed by atoms with Crippen molar-refractivity contribution in [3.63, 3.8) is 0 Å². The van der Waals surface area contributed by atoms with E-state index >= 15 is 0 Å². The van der Waals surface area contributed by atoms with E-state index in [0.29, 0.717) is 12.8 Å². The van der Waals surface area contributed by atoms with Gasteiger partial charge in [-0.25, -0.2) is 0 Å². The summed E-state index contributed by atoms with van der Waals surface area (Å²) in [6.45, 7) is 1.45. The average molecular weight is 246 g/mol. The van der Waals surface area contributed by atoms with E-state index in [4.69, 9.17) is 5.26 Å². The van der Waals surface area contributed by atoms with Crippen LogP contribution in [0, 0.1) is 11.3 Å². The molecule has 1 rings (SSSR count). The van der Waals surface area contributed by atoms with Crippen LogP contribution in [0.1, 0.15) is 12.8 Å². The van der Waals surface area contributed by atoms with Crippen LogP contribution < -0.4 is 4.72 Å². The predicted molar refractivity (Wildman–Crippen MR) is 60.8 cm³/mol. The van der Waals surface area contributed by atoms with Gasteiger partial charge >= 0.3 is 0 Å². The summed E-state index contributed by atoms with van der Waals surface area (Å²) >= 11 is 0. The Balaban J connectivity index is 2.81. The number of likely N-dealkylation sites (tertiary alicyclic amines) is 1. The maximum Gasteiger partial charge on any atom is 0.280 e. The van der Waals surface area contributed by atoms with Gasteiger partial charge in [0, 0.05) is 27.2 Å². The molecule has 1 aliphatic heterocycles. The van der Waals surface area contributed by atoms with Crippen molar-refractivity contribution in [1.29, 1.82) is 5.26 Å². The molecule has 1 aliphatic rings. The first-order valence-electron chi connectivity index (χ1n) is 5.12. The lowest BCUT2D eigenvalue weighted by molar-refractivity contribution is 0.211. The zero-order valence-corrected chi connectivity index (χ0v) is 10.7. The van der Waals surface area contributed by atoms with Crippen LogP contribution in [0.3, 0.4) is 0 Å². The molecule has 0 radical (unpaired) electrons. The molecule has 0 aromatic rings. The third kappa shape index (κ3) is 2.92. The zero-order chi connectivity index (χ0) is 12.4. The number of hydrogen-bond donors (Lipinski definition) is 1. The largest absolute Gasteiger partial charge is 0.306 e. The molecular weight excluding hydrogens is 228 g/mol. The molecular formula is C9H18N4O2S. The van der Waals surface area contributed by atoms with Gasteiger partial charge in [0.15, 0.2) is 0 Å². The summed E-state index contributed by atoms with van der Waals surface area (Å²) in [6.07, 6.45) is 1.04. The van der Waals surface area contributed by atoms with Gasteiger partial charge in [-0.2, -0.15) is 22.7 Å². The Bertz CT molecular complexity index is 377. The maximum absolute atomic E-state index is 11.7. The average Bonchev–Trinajstić information content (AvgIpc) is 2.21. The molecule has 0 bridgehead atoms. The highest BCUT2D eigenvalue weighted by molar-refractivity contribution is 7.87. The fourth-order valence-electron chi connectivity index (χ4n) is 1.58. The van der Waals surface area contributed by atoms with Crippen molar-refractivity contribution in [2.45, 2.75) is 18.4 Å². The monoisotopic (exact) mass is 246 g/mol. The minimum Gasteiger partial charge on any atom is -0.306 e. The lowest BCUT2D eigenvalue weighted by atomic mass is 9.91. The van der Waals surface area contributed by atoms with Gasteiger partial charge in [0.05, 0.1) is 6.07 Å². The number of hydrogen-bond acceptors (Lipinski definition) is 4. The number of nitrogens with zero attached hydrogens (tertiary/aromatic N) is 3. The minimum atomic E-state index is -3.54. The van der Waals surface area contributed by atoms with Crippen LogP contribution in [0.25, 0.3) is 0 Å². The first kappa shape index (κ1) is 13.4. The SMILES string of the molecule is CN1CCC(C#N)(NS(=O)(=O)N(C)C)CC1. The molecule has 1 heterocycles. The number of nitriles is 1. The summed E-state index contributed by atoms with van der Waals surface area (Å²) in [7, 11) is 1.31. The lowest BCUT2D eigenvalue weighted by Crippen LogP contribution is -2.56. The molecule has 0 aromatic heterocycles. The van der Waals surface area contributed by atoms with E-state index in [9.17, 15) is 8.42 Å². The van der Waals surface area contributed by atoms with Gasteiger partial charge in [-0.3, -0.25) is 0 Å². The van der Waals surface area contributed by atoms with E-state index < -0.39 is 15.7 Å². The summed E-state index contributed by atoms with van der Waals surface area (Å²) in [5.41, 5.74) is -0.949. The van der Waals surface area contributed by atoms with Gasteiger partial charge in [-0.15, -0.1) is 0 Å². The third-order valence-corrected chi connectivity index (χ3v) is 4.47. The topological polar surface area (TPSA) is 76.4 Å². The van der Waals surface area contributed by atoms with Crippen molar-refractivity contribution in [3.05, 3.63) is 0 Å². The quantitative estimate of drug-likeness (QED) is 0.719. The molecule has 1 saturated heterocycles.